The maximum absolute atomic E-state index is 12.7. The molecule has 0 spiro atoms. The van der Waals surface area contributed by atoms with Crippen LogP contribution in [0.4, 0.5) is 26.3 Å². The molecule has 1 atom stereocenters. The van der Waals surface area contributed by atoms with Gasteiger partial charge in [0.1, 0.15) is 0 Å². The van der Waals surface area contributed by atoms with Crippen LogP contribution < -0.4 is 0 Å². The second-order valence-electron chi connectivity index (χ2n) is 3.51. The highest BCUT2D eigenvalue weighted by molar-refractivity contribution is 5.75. The van der Waals surface area contributed by atoms with Gasteiger partial charge in [0.05, 0.1) is 11.1 Å². The first-order valence-corrected chi connectivity index (χ1v) is 4.64. The van der Waals surface area contributed by atoms with E-state index in [2.05, 4.69) is 0 Å². The lowest BCUT2D eigenvalue weighted by molar-refractivity contribution is -0.164. The van der Waals surface area contributed by atoms with Crippen molar-refractivity contribution >= 4 is 5.97 Å². The molecule has 3 nitrogen and oxygen atoms in total. The molecule has 0 amide bonds. The number of aliphatic carboxylic acids is 1. The van der Waals surface area contributed by atoms with E-state index in [4.69, 9.17) is 10.2 Å². The van der Waals surface area contributed by atoms with Gasteiger partial charge in [0.2, 0.25) is 0 Å². The maximum atomic E-state index is 12.7. The number of carbonyl (C=O) groups is 1. The Morgan fingerprint density at radius 1 is 1.05 bits per heavy atom. The number of hydrogen-bond acceptors (Lipinski definition) is 2. The average Bonchev–Trinajstić information content (AvgIpc) is 2.24. The molecule has 0 bridgehead atoms. The van der Waals surface area contributed by atoms with Crippen molar-refractivity contribution in [3.8, 4) is 0 Å². The second kappa shape index (κ2) is 4.72. The highest BCUT2D eigenvalue weighted by Gasteiger charge is 2.46. The minimum atomic E-state index is -5.45. The Labute approximate surface area is 102 Å². The van der Waals surface area contributed by atoms with E-state index in [-0.39, 0.29) is 6.07 Å². The molecule has 0 aliphatic heterocycles. The van der Waals surface area contributed by atoms with Gasteiger partial charge in [-0.3, -0.25) is 0 Å². The molecule has 0 aliphatic carbocycles. The molecule has 0 aromatic heterocycles. The Morgan fingerprint density at radius 3 is 1.95 bits per heavy atom. The van der Waals surface area contributed by atoms with E-state index in [0.29, 0.717) is 12.1 Å². The first-order chi connectivity index (χ1) is 8.46. The zero-order chi connectivity index (χ0) is 15.0. The van der Waals surface area contributed by atoms with Gasteiger partial charge in [0.15, 0.2) is 6.10 Å². The van der Waals surface area contributed by atoms with Gasteiger partial charge in [0.25, 0.3) is 0 Å². The lowest BCUT2D eigenvalue weighted by Gasteiger charge is -2.20. The fourth-order valence-corrected chi connectivity index (χ4v) is 1.48. The Bertz CT molecular complexity index is 491. The minimum absolute atomic E-state index is 0.168. The van der Waals surface area contributed by atoms with Crippen LogP contribution in [0, 0.1) is 0 Å². The number of halogens is 6. The number of hydrogen-bond donors (Lipinski definition) is 2. The van der Waals surface area contributed by atoms with Crippen molar-refractivity contribution in [2.45, 2.75) is 18.5 Å². The molecule has 0 saturated carbocycles. The van der Waals surface area contributed by atoms with Crippen LogP contribution in [0.3, 0.4) is 0 Å². The summed E-state index contributed by atoms with van der Waals surface area (Å²) in [6.07, 6.45) is -13.5. The summed E-state index contributed by atoms with van der Waals surface area (Å²) in [5.41, 5.74) is -5.59. The summed E-state index contributed by atoms with van der Waals surface area (Å²) in [6.45, 7) is 0. The SMILES string of the molecule is O=C(O)C(O)c1cccc(C(F)(F)F)c1C(F)(F)F. The molecule has 1 aromatic rings. The summed E-state index contributed by atoms with van der Waals surface area (Å²) in [5, 5.41) is 17.5. The predicted molar refractivity (Wildman–Crippen MR) is 49.0 cm³/mol. The second-order valence-corrected chi connectivity index (χ2v) is 3.51. The molecule has 1 rings (SSSR count). The Balaban J connectivity index is 3.62. The smallest absolute Gasteiger partial charge is 0.417 e. The number of aliphatic hydroxyl groups excluding tert-OH is 1. The summed E-state index contributed by atoms with van der Waals surface area (Å²) in [4.78, 5) is 10.4. The quantitative estimate of drug-likeness (QED) is 0.823. The number of carboxylic acids is 1. The first kappa shape index (κ1) is 15.3. The third-order valence-electron chi connectivity index (χ3n) is 2.21. The highest BCUT2D eigenvalue weighted by atomic mass is 19.4. The monoisotopic (exact) mass is 288 g/mol. The molecule has 2 N–H and O–H groups in total. The van der Waals surface area contributed by atoms with Crippen molar-refractivity contribution in [2.75, 3.05) is 0 Å². The van der Waals surface area contributed by atoms with Crippen LogP contribution >= 0.6 is 0 Å². The van der Waals surface area contributed by atoms with Crippen molar-refractivity contribution in [1.29, 1.82) is 0 Å². The topological polar surface area (TPSA) is 57.5 Å². The molecule has 106 valence electrons. The summed E-state index contributed by atoms with van der Waals surface area (Å²) >= 11 is 0. The van der Waals surface area contributed by atoms with E-state index in [1.807, 2.05) is 0 Å². The van der Waals surface area contributed by atoms with Crippen molar-refractivity contribution in [3.05, 3.63) is 34.9 Å². The molecule has 1 unspecified atom stereocenters. The largest absolute Gasteiger partial charge is 0.479 e. The molecule has 0 aliphatic rings. The summed E-state index contributed by atoms with van der Waals surface area (Å²) in [6, 6.07) is 1.25. The highest BCUT2D eigenvalue weighted by Crippen LogP contribution is 2.43. The zero-order valence-electron chi connectivity index (χ0n) is 8.88. The van der Waals surface area contributed by atoms with Crippen LogP contribution in [0.15, 0.2) is 18.2 Å². The van der Waals surface area contributed by atoms with E-state index in [1.54, 1.807) is 0 Å². The predicted octanol–water partition coefficient (Wildman–Crippen LogP) is 2.84. The van der Waals surface area contributed by atoms with Crippen molar-refractivity contribution < 1.29 is 41.4 Å². The van der Waals surface area contributed by atoms with Crippen LogP contribution in [0.25, 0.3) is 0 Å². The van der Waals surface area contributed by atoms with Gasteiger partial charge in [-0.15, -0.1) is 0 Å². The maximum Gasteiger partial charge on any atom is 0.417 e. The molecular weight excluding hydrogens is 282 g/mol. The average molecular weight is 288 g/mol. The molecule has 0 fully saturated rings. The molecule has 0 radical (unpaired) electrons. The van der Waals surface area contributed by atoms with Crippen LogP contribution in [-0.4, -0.2) is 16.2 Å². The fraction of sp³-hybridized carbons (Fsp3) is 0.300. The molecule has 1 aromatic carbocycles. The van der Waals surface area contributed by atoms with Gasteiger partial charge in [0, 0.05) is 5.56 Å². The number of rotatable bonds is 2. The minimum Gasteiger partial charge on any atom is -0.479 e. The van der Waals surface area contributed by atoms with Crippen LogP contribution in [-0.2, 0) is 17.1 Å². The van der Waals surface area contributed by atoms with Gasteiger partial charge >= 0.3 is 18.3 Å². The molecule has 9 heteroatoms. The van der Waals surface area contributed by atoms with Crippen LogP contribution in [0.1, 0.15) is 22.8 Å². The Hall–Kier alpha value is -1.77. The molecule has 19 heavy (non-hydrogen) atoms. The van der Waals surface area contributed by atoms with Crippen molar-refractivity contribution in [1.82, 2.24) is 0 Å². The van der Waals surface area contributed by atoms with E-state index in [9.17, 15) is 31.1 Å². The van der Waals surface area contributed by atoms with E-state index in [1.165, 1.54) is 0 Å². The first-order valence-electron chi connectivity index (χ1n) is 4.64. The molecular formula is C10H6F6O3. The summed E-state index contributed by atoms with van der Waals surface area (Å²) < 4.78 is 75.5. The standard InChI is InChI=1S/C10H6F6O3/c11-9(12,13)5-3-1-2-4(7(17)8(18)19)6(5)10(14,15)16/h1-3,7,17H,(H,18,19). The number of benzene rings is 1. The van der Waals surface area contributed by atoms with Gasteiger partial charge < -0.3 is 10.2 Å². The number of carboxylic acid groups (broad SMARTS) is 1. The molecule has 0 heterocycles. The normalized spacial score (nSPS) is 14.3. The van der Waals surface area contributed by atoms with E-state index >= 15 is 0 Å². The Morgan fingerprint density at radius 2 is 1.58 bits per heavy atom. The zero-order valence-corrected chi connectivity index (χ0v) is 8.88. The third-order valence-corrected chi connectivity index (χ3v) is 2.21. The number of alkyl halides is 6. The van der Waals surface area contributed by atoms with Gasteiger partial charge in [-0.25, -0.2) is 4.79 Å². The molecule has 0 saturated heterocycles. The van der Waals surface area contributed by atoms with Crippen molar-refractivity contribution in [2.24, 2.45) is 0 Å². The number of aliphatic hydroxyl groups is 1. The van der Waals surface area contributed by atoms with Gasteiger partial charge in [-0.05, 0) is 6.07 Å². The van der Waals surface area contributed by atoms with E-state index < -0.39 is 41.1 Å². The summed E-state index contributed by atoms with van der Waals surface area (Å²) in [7, 11) is 0. The third kappa shape index (κ3) is 3.16. The Kier molecular flexibility index (Phi) is 3.80. The fourth-order valence-electron chi connectivity index (χ4n) is 1.48. The summed E-state index contributed by atoms with van der Waals surface area (Å²) in [5.74, 6) is -2.08. The van der Waals surface area contributed by atoms with E-state index in [0.717, 1.165) is 0 Å². The van der Waals surface area contributed by atoms with Crippen LogP contribution in [0.5, 0.6) is 0 Å². The lowest BCUT2D eigenvalue weighted by Crippen LogP contribution is -2.22. The lowest BCUT2D eigenvalue weighted by atomic mass is 9.96. The van der Waals surface area contributed by atoms with Gasteiger partial charge in [-0.1, -0.05) is 12.1 Å². The van der Waals surface area contributed by atoms with Crippen LogP contribution in [0.2, 0.25) is 0 Å². The van der Waals surface area contributed by atoms with Crippen molar-refractivity contribution in [3.63, 3.8) is 0 Å². The van der Waals surface area contributed by atoms with Gasteiger partial charge in [-0.2, -0.15) is 26.3 Å².